The zero-order valence-corrected chi connectivity index (χ0v) is 14.1. The molecule has 128 valence electrons. The van der Waals surface area contributed by atoms with Crippen molar-refractivity contribution >= 4 is 11.9 Å². The minimum Gasteiger partial charge on any atom is -0.481 e. The van der Waals surface area contributed by atoms with E-state index in [1.807, 2.05) is 30.3 Å². The Kier molecular flexibility index (Phi) is 7.75. The van der Waals surface area contributed by atoms with Crippen LogP contribution in [0.3, 0.4) is 0 Å². The van der Waals surface area contributed by atoms with Crippen LogP contribution in [0.4, 0.5) is 0 Å². The van der Waals surface area contributed by atoms with Gasteiger partial charge in [-0.05, 0) is 39.2 Å². The number of esters is 1. The van der Waals surface area contributed by atoms with Crippen LogP contribution in [-0.2, 0) is 25.7 Å². The summed E-state index contributed by atoms with van der Waals surface area (Å²) in [5.74, 6) is -2.18. The van der Waals surface area contributed by atoms with Crippen molar-refractivity contribution in [3.8, 4) is 0 Å². The molecule has 0 amide bonds. The number of carboxylic acid groups (broad SMARTS) is 1. The predicted molar refractivity (Wildman–Crippen MR) is 86.9 cm³/mol. The van der Waals surface area contributed by atoms with Crippen LogP contribution in [-0.4, -0.2) is 29.3 Å². The fourth-order valence-electron chi connectivity index (χ4n) is 2.09. The molecular formula is C18H26O5. The highest BCUT2D eigenvalue weighted by molar-refractivity contribution is 5.78. The summed E-state index contributed by atoms with van der Waals surface area (Å²) in [6, 6.07) is 9.78. The molecular weight excluding hydrogens is 296 g/mol. The monoisotopic (exact) mass is 322 g/mol. The first-order valence-electron chi connectivity index (χ1n) is 7.84. The minimum atomic E-state index is -0.973. The van der Waals surface area contributed by atoms with Crippen molar-refractivity contribution in [1.29, 1.82) is 0 Å². The Labute approximate surface area is 137 Å². The van der Waals surface area contributed by atoms with E-state index in [1.165, 1.54) is 0 Å². The Morgan fingerprint density at radius 2 is 1.83 bits per heavy atom. The van der Waals surface area contributed by atoms with Crippen molar-refractivity contribution in [2.75, 3.05) is 6.61 Å². The lowest BCUT2D eigenvalue weighted by atomic mass is 10.00. The molecule has 0 aromatic heterocycles. The fourth-order valence-corrected chi connectivity index (χ4v) is 2.09. The molecule has 0 heterocycles. The average Bonchev–Trinajstić information content (AvgIpc) is 2.44. The minimum absolute atomic E-state index is 0.106. The molecule has 0 aliphatic heterocycles. The van der Waals surface area contributed by atoms with Gasteiger partial charge in [-0.25, -0.2) is 0 Å². The number of hydrogen-bond acceptors (Lipinski definition) is 4. The summed E-state index contributed by atoms with van der Waals surface area (Å²) in [5.41, 5.74) is 0.481. The van der Waals surface area contributed by atoms with Gasteiger partial charge in [0.15, 0.2) is 0 Å². The van der Waals surface area contributed by atoms with Gasteiger partial charge in [-0.2, -0.15) is 0 Å². The van der Waals surface area contributed by atoms with Gasteiger partial charge in [-0.1, -0.05) is 30.3 Å². The zero-order valence-electron chi connectivity index (χ0n) is 14.1. The molecule has 1 rings (SSSR count). The summed E-state index contributed by atoms with van der Waals surface area (Å²) < 4.78 is 10.7. The Bertz CT molecular complexity index is 490. The van der Waals surface area contributed by atoms with Gasteiger partial charge in [0.25, 0.3) is 0 Å². The molecule has 0 aliphatic rings. The maximum atomic E-state index is 11.7. The molecule has 5 nitrogen and oxygen atoms in total. The summed E-state index contributed by atoms with van der Waals surface area (Å²) in [6.07, 6.45) is 0.876. The van der Waals surface area contributed by atoms with E-state index in [0.717, 1.165) is 5.56 Å². The third kappa shape index (κ3) is 8.98. The highest BCUT2D eigenvalue weighted by Crippen LogP contribution is 2.16. The van der Waals surface area contributed by atoms with Gasteiger partial charge in [-0.15, -0.1) is 0 Å². The van der Waals surface area contributed by atoms with Crippen LogP contribution in [0.2, 0.25) is 0 Å². The Morgan fingerprint density at radius 1 is 1.17 bits per heavy atom. The summed E-state index contributed by atoms with van der Waals surface area (Å²) in [5, 5.41) is 9.21. The normalized spacial score (nSPS) is 12.7. The van der Waals surface area contributed by atoms with Crippen molar-refractivity contribution in [2.24, 2.45) is 5.92 Å². The quantitative estimate of drug-likeness (QED) is 0.557. The van der Waals surface area contributed by atoms with Crippen LogP contribution >= 0.6 is 0 Å². The van der Waals surface area contributed by atoms with Gasteiger partial charge >= 0.3 is 11.9 Å². The number of aliphatic carboxylic acids is 1. The van der Waals surface area contributed by atoms with Gasteiger partial charge in [0.1, 0.15) is 5.60 Å². The van der Waals surface area contributed by atoms with E-state index in [-0.39, 0.29) is 6.42 Å². The first kappa shape index (κ1) is 19.2. The van der Waals surface area contributed by atoms with Crippen LogP contribution in [0.15, 0.2) is 30.3 Å². The molecule has 0 spiro atoms. The maximum absolute atomic E-state index is 11.7. The van der Waals surface area contributed by atoms with Gasteiger partial charge in [0, 0.05) is 6.61 Å². The first-order valence-corrected chi connectivity index (χ1v) is 7.84. The van der Waals surface area contributed by atoms with Crippen molar-refractivity contribution in [3.05, 3.63) is 35.9 Å². The number of carboxylic acids is 1. The number of rotatable bonds is 9. The van der Waals surface area contributed by atoms with E-state index in [1.54, 1.807) is 20.8 Å². The summed E-state index contributed by atoms with van der Waals surface area (Å²) in [7, 11) is 0. The van der Waals surface area contributed by atoms with Crippen LogP contribution in [0, 0.1) is 5.92 Å². The molecule has 5 heteroatoms. The second-order valence-corrected chi connectivity index (χ2v) is 6.51. The fraction of sp³-hybridized carbons (Fsp3) is 0.556. The number of carbonyl (C=O) groups excluding carboxylic acids is 1. The lowest BCUT2D eigenvalue weighted by molar-refractivity contribution is -0.160. The van der Waals surface area contributed by atoms with E-state index in [2.05, 4.69) is 0 Å². The van der Waals surface area contributed by atoms with Gasteiger partial charge < -0.3 is 14.6 Å². The van der Waals surface area contributed by atoms with Gasteiger partial charge in [-0.3, -0.25) is 9.59 Å². The van der Waals surface area contributed by atoms with Gasteiger partial charge in [0.2, 0.25) is 0 Å². The SMILES string of the molecule is CC(C)(C)OC(=O)CC(CCCOCc1ccccc1)C(=O)O. The molecule has 0 radical (unpaired) electrons. The lowest BCUT2D eigenvalue weighted by Crippen LogP contribution is -2.27. The smallest absolute Gasteiger partial charge is 0.307 e. The van der Waals surface area contributed by atoms with E-state index in [4.69, 9.17) is 9.47 Å². The number of benzene rings is 1. The van der Waals surface area contributed by atoms with Crippen LogP contribution in [0.25, 0.3) is 0 Å². The third-order valence-electron chi connectivity index (χ3n) is 3.14. The number of hydrogen-bond donors (Lipinski definition) is 1. The summed E-state index contributed by atoms with van der Waals surface area (Å²) in [6.45, 7) is 6.26. The highest BCUT2D eigenvalue weighted by atomic mass is 16.6. The molecule has 1 N–H and O–H groups in total. The topological polar surface area (TPSA) is 72.8 Å². The highest BCUT2D eigenvalue weighted by Gasteiger charge is 2.24. The Balaban J connectivity index is 2.28. The van der Waals surface area contributed by atoms with E-state index < -0.39 is 23.5 Å². The molecule has 1 aromatic rings. The molecule has 0 aliphatic carbocycles. The zero-order chi connectivity index (χ0) is 17.3. The molecule has 23 heavy (non-hydrogen) atoms. The molecule has 0 saturated heterocycles. The van der Waals surface area contributed by atoms with Crippen molar-refractivity contribution in [3.63, 3.8) is 0 Å². The molecule has 0 saturated carbocycles. The lowest BCUT2D eigenvalue weighted by Gasteiger charge is -2.21. The summed E-state index contributed by atoms with van der Waals surface area (Å²) >= 11 is 0. The third-order valence-corrected chi connectivity index (χ3v) is 3.14. The molecule has 1 atom stereocenters. The van der Waals surface area contributed by atoms with E-state index in [9.17, 15) is 14.7 Å². The molecule has 0 bridgehead atoms. The predicted octanol–water partition coefficient (Wildman–Crippen LogP) is 3.42. The number of ether oxygens (including phenoxy) is 2. The van der Waals surface area contributed by atoms with Crippen molar-refractivity contribution < 1.29 is 24.2 Å². The first-order chi connectivity index (χ1) is 10.8. The number of carbonyl (C=O) groups is 2. The van der Waals surface area contributed by atoms with Crippen molar-refractivity contribution in [2.45, 2.75) is 52.2 Å². The molecule has 1 unspecified atom stereocenters. The van der Waals surface area contributed by atoms with Crippen LogP contribution < -0.4 is 0 Å². The van der Waals surface area contributed by atoms with Crippen LogP contribution in [0.5, 0.6) is 0 Å². The van der Waals surface area contributed by atoms with Crippen LogP contribution in [0.1, 0.15) is 45.6 Å². The standard InChI is InChI=1S/C18H26O5/c1-18(2,3)23-16(19)12-15(17(20)21)10-7-11-22-13-14-8-5-4-6-9-14/h4-6,8-9,15H,7,10-13H2,1-3H3,(H,20,21). The molecule has 0 fully saturated rings. The average molecular weight is 322 g/mol. The second kappa shape index (κ2) is 9.30. The van der Waals surface area contributed by atoms with Gasteiger partial charge in [0.05, 0.1) is 18.9 Å². The summed E-state index contributed by atoms with van der Waals surface area (Å²) in [4.78, 5) is 23.0. The molecule has 1 aromatic carbocycles. The Morgan fingerprint density at radius 3 is 2.39 bits per heavy atom. The van der Waals surface area contributed by atoms with E-state index in [0.29, 0.717) is 26.1 Å². The maximum Gasteiger partial charge on any atom is 0.307 e. The largest absolute Gasteiger partial charge is 0.481 e. The van der Waals surface area contributed by atoms with E-state index >= 15 is 0 Å². The van der Waals surface area contributed by atoms with Crippen molar-refractivity contribution in [1.82, 2.24) is 0 Å². The Hall–Kier alpha value is -1.88. The second-order valence-electron chi connectivity index (χ2n) is 6.51.